The Kier molecular flexibility index (Phi) is 6.04. The zero-order chi connectivity index (χ0) is 23.0. The molecule has 0 bridgehead atoms. The number of rotatable bonds is 5. The SMILES string of the molecule is Cc1cccc(N2CCN(C(=O)C(CC(C)C)N3C(=O)c4ccccc4C3=O)CC2)c1C. The van der Waals surface area contributed by atoms with Crippen LogP contribution in [0.4, 0.5) is 5.69 Å². The third kappa shape index (κ3) is 3.90. The Bertz CT molecular complexity index is 1020. The van der Waals surface area contributed by atoms with Crippen LogP contribution in [0.1, 0.15) is 52.1 Å². The highest BCUT2D eigenvalue weighted by Gasteiger charge is 2.44. The zero-order valence-electron chi connectivity index (χ0n) is 19.3. The van der Waals surface area contributed by atoms with Gasteiger partial charge in [-0.15, -0.1) is 0 Å². The van der Waals surface area contributed by atoms with Crippen LogP contribution in [0.25, 0.3) is 0 Å². The molecule has 0 saturated carbocycles. The largest absolute Gasteiger partial charge is 0.368 e. The van der Waals surface area contributed by atoms with Gasteiger partial charge in [-0.2, -0.15) is 0 Å². The monoisotopic (exact) mass is 433 g/mol. The van der Waals surface area contributed by atoms with Gasteiger partial charge in [-0.3, -0.25) is 19.3 Å². The molecule has 1 fully saturated rings. The molecular weight excluding hydrogens is 402 g/mol. The topological polar surface area (TPSA) is 60.9 Å². The number of hydrogen-bond donors (Lipinski definition) is 0. The molecule has 6 nitrogen and oxygen atoms in total. The van der Waals surface area contributed by atoms with Crippen LogP contribution in [0.3, 0.4) is 0 Å². The van der Waals surface area contributed by atoms with Gasteiger partial charge >= 0.3 is 0 Å². The molecule has 0 N–H and O–H groups in total. The maximum Gasteiger partial charge on any atom is 0.262 e. The highest BCUT2D eigenvalue weighted by atomic mass is 16.2. The number of carbonyl (C=O) groups is 3. The summed E-state index contributed by atoms with van der Waals surface area (Å²) in [5, 5.41) is 0. The molecule has 2 aliphatic rings. The van der Waals surface area contributed by atoms with Crippen LogP contribution in [-0.4, -0.2) is 59.7 Å². The van der Waals surface area contributed by atoms with Crippen molar-refractivity contribution in [2.24, 2.45) is 5.92 Å². The van der Waals surface area contributed by atoms with E-state index in [4.69, 9.17) is 0 Å². The first-order valence-corrected chi connectivity index (χ1v) is 11.4. The molecule has 168 valence electrons. The second-order valence-corrected chi connectivity index (χ2v) is 9.20. The lowest BCUT2D eigenvalue weighted by atomic mass is 10.0. The molecule has 3 amide bonds. The van der Waals surface area contributed by atoms with Gasteiger partial charge < -0.3 is 9.80 Å². The number of piperazine rings is 1. The molecule has 0 radical (unpaired) electrons. The first-order chi connectivity index (χ1) is 15.3. The predicted octanol–water partition coefficient (Wildman–Crippen LogP) is 3.66. The molecule has 1 atom stereocenters. The molecule has 1 unspecified atom stereocenters. The molecule has 2 heterocycles. The van der Waals surface area contributed by atoms with Gasteiger partial charge in [0.2, 0.25) is 5.91 Å². The van der Waals surface area contributed by atoms with E-state index < -0.39 is 6.04 Å². The second-order valence-electron chi connectivity index (χ2n) is 9.20. The van der Waals surface area contributed by atoms with E-state index in [2.05, 4.69) is 36.9 Å². The van der Waals surface area contributed by atoms with Crippen molar-refractivity contribution in [3.63, 3.8) is 0 Å². The maximum absolute atomic E-state index is 13.6. The van der Waals surface area contributed by atoms with Gasteiger partial charge in [-0.25, -0.2) is 0 Å². The maximum atomic E-state index is 13.6. The Hall–Kier alpha value is -3.15. The zero-order valence-corrected chi connectivity index (χ0v) is 19.3. The van der Waals surface area contributed by atoms with Crippen LogP contribution < -0.4 is 4.90 Å². The van der Waals surface area contributed by atoms with Gasteiger partial charge in [0.25, 0.3) is 11.8 Å². The molecule has 2 aliphatic heterocycles. The highest BCUT2D eigenvalue weighted by Crippen LogP contribution is 2.29. The van der Waals surface area contributed by atoms with Gasteiger partial charge in [-0.1, -0.05) is 38.1 Å². The second kappa shape index (κ2) is 8.77. The Balaban J connectivity index is 1.52. The lowest BCUT2D eigenvalue weighted by molar-refractivity contribution is -0.136. The van der Waals surface area contributed by atoms with E-state index in [1.54, 1.807) is 24.3 Å². The van der Waals surface area contributed by atoms with Crippen molar-refractivity contribution in [1.29, 1.82) is 0 Å². The lowest BCUT2D eigenvalue weighted by Gasteiger charge is -2.39. The minimum absolute atomic E-state index is 0.131. The van der Waals surface area contributed by atoms with E-state index in [0.717, 1.165) is 13.1 Å². The first-order valence-electron chi connectivity index (χ1n) is 11.4. The Morgan fingerprint density at radius 3 is 2.03 bits per heavy atom. The summed E-state index contributed by atoms with van der Waals surface area (Å²) in [6.07, 6.45) is 0.460. The van der Waals surface area contributed by atoms with E-state index in [1.807, 2.05) is 18.7 Å². The van der Waals surface area contributed by atoms with E-state index in [-0.39, 0.29) is 23.6 Å². The number of amides is 3. The fourth-order valence-corrected chi connectivity index (χ4v) is 4.71. The Morgan fingerprint density at radius 2 is 1.47 bits per heavy atom. The van der Waals surface area contributed by atoms with Crippen LogP contribution in [-0.2, 0) is 4.79 Å². The summed E-state index contributed by atoms with van der Waals surface area (Å²) in [5.74, 6) is -0.685. The third-order valence-corrected chi connectivity index (χ3v) is 6.62. The number of benzene rings is 2. The molecule has 6 heteroatoms. The molecule has 32 heavy (non-hydrogen) atoms. The summed E-state index contributed by atoms with van der Waals surface area (Å²) in [4.78, 5) is 45.0. The van der Waals surface area contributed by atoms with Gasteiger partial charge in [0.1, 0.15) is 6.04 Å². The smallest absolute Gasteiger partial charge is 0.262 e. The van der Waals surface area contributed by atoms with Crippen LogP contribution in [0.15, 0.2) is 42.5 Å². The van der Waals surface area contributed by atoms with Crippen molar-refractivity contribution in [1.82, 2.24) is 9.80 Å². The molecule has 0 aliphatic carbocycles. The van der Waals surface area contributed by atoms with Crippen molar-refractivity contribution in [3.05, 3.63) is 64.7 Å². The lowest BCUT2D eigenvalue weighted by Crippen LogP contribution is -2.56. The first kappa shape index (κ1) is 22.1. The summed E-state index contributed by atoms with van der Waals surface area (Å²) in [6.45, 7) is 10.9. The fourth-order valence-electron chi connectivity index (χ4n) is 4.71. The normalized spacial score (nSPS) is 17.2. The van der Waals surface area contributed by atoms with Crippen LogP contribution >= 0.6 is 0 Å². The Morgan fingerprint density at radius 1 is 0.875 bits per heavy atom. The summed E-state index contributed by atoms with van der Waals surface area (Å²) < 4.78 is 0. The number of anilines is 1. The number of hydrogen-bond acceptors (Lipinski definition) is 4. The quantitative estimate of drug-likeness (QED) is 0.675. The van der Waals surface area contributed by atoms with Gasteiger partial charge in [0, 0.05) is 31.9 Å². The molecule has 2 aromatic rings. The van der Waals surface area contributed by atoms with E-state index in [1.165, 1.54) is 21.7 Å². The van der Waals surface area contributed by atoms with E-state index >= 15 is 0 Å². The van der Waals surface area contributed by atoms with Crippen molar-refractivity contribution in [3.8, 4) is 0 Å². The Labute approximate surface area is 189 Å². The summed E-state index contributed by atoms with van der Waals surface area (Å²) in [5.41, 5.74) is 4.49. The van der Waals surface area contributed by atoms with E-state index in [0.29, 0.717) is 30.6 Å². The molecule has 0 aromatic heterocycles. The highest BCUT2D eigenvalue weighted by molar-refractivity contribution is 6.22. The van der Waals surface area contributed by atoms with Crippen LogP contribution in [0, 0.1) is 19.8 Å². The molecule has 1 saturated heterocycles. The van der Waals surface area contributed by atoms with Gasteiger partial charge in [0.05, 0.1) is 11.1 Å². The minimum atomic E-state index is -0.769. The minimum Gasteiger partial charge on any atom is -0.368 e. The number of imide groups is 1. The van der Waals surface area contributed by atoms with Crippen molar-refractivity contribution < 1.29 is 14.4 Å². The average molecular weight is 434 g/mol. The van der Waals surface area contributed by atoms with Gasteiger partial charge in [0.15, 0.2) is 0 Å². The predicted molar refractivity (Wildman–Crippen MR) is 125 cm³/mol. The van der Waals surface area contributed by atoms with Crippen LogP contribution in [0.2, 0.25) is 0 Å². The number of carbonyl (C=O) groups excluding carboxylic acids is 3. The standard InChI is InChI=1S/C26H31N3O3/c1-17(2)16-23(29-24(30)20-9-5-6-10-21(20)25(29)31)26(32)28-14-12-27(13-15-28)22-11-7-8-18(3)19(22)4/h5-11,17,23H,12-16H2,1-4H3. The van der Waals surface area contributed by atoms with Crippen molar-refractivity contribution >= 4 is 23.4 Å². The third-order valence-electron chi connectivity index (χ3n) is 6.62. The molecular formula is C26H31N3O3. The summed E-state index contributed by atoms with van der Waals surface area (Å²) in [7, 11) is 0. The number of fused-ring (bicyclic) bond motifs is 1. The van der Waals surface area contributed by atoms with Gasteiger partial charge in [-0.05, 0) is 55.5 Å². The average Bonchev–Trinajstić information content (AvgIpc) is 3.04. The number of nitrogens with zero attached hydrogens (tertiary/aromatic N) is 3. The molecule has 2 aromatic carbocycles. The van der Waals surface area contributed by atoms with Crippen LogP contribution in [0.5, 0.6) is 0 Å². The fraction of sp³-hybridized carbons (Fsp3) is 0.423. The van der Waals surface area contributed by atoms with E-state index in [9.17, 15) is 14.4 Å². The van der Waals surface area contributed by atoms with Crippen molar-refractivity contribution in [2.45, 2.75) is 40.2 Å². The summed E-state index contributed by atoms with van der Waals surface area (Å²) in [6, 6.07) is 12.4. The summed E-state index contributed by atoms with van der Waals surface area (Å²) >= 11 is 0. The van der Waals surface area contributed by atoms with Crippen molar-refractivity contribution in [2.75, 3.05) is 31.1 Å². The molecule has 0 spiro atoms. The molecule has 4 rings (SSSR count). The number of aryl methyl sites for hydroxylation is 1.